The molecule has 0 fully saturated rings. The Morgan fingerprint density at radius 2 is 1.88 bits per heavy atom. The molecule has 0 N–H and O–H groups in total. The number of fused-ring (bicyclic) bond motifs is 1. The molecule has 0 radical (unpaired) electrons. The lowest BCUT2D eigenvalue weighted by Crippen LogP contribution is -2.12. The summed E-state index contributed by atoms with van der Waals surface area (Å²) in [5, 5.41) is 3.45. The molecule has 4 aromatic rings. The van der Waals surface area contributed by atoms with Gasteiger partial charge in [-0.25, -0.2) is 22.4 Å². The summed E-state index contributed by atoms with van der Waals surface area (Å²) in [6, 6.07) is 12.1. The topological polar surface area (TPSA) is 64.8 Å². The minimum Gasteiger partial charge on any atom is -0.243 e. The van der Waals surface area contributed by atoms with Crippen LogP contribution in [0.5, 0.6) is 0 Å². The Morgan fingerprint density at radius 3 is 2.58 bits per heavy atom. The van der Waals surface area contributed by atoms with E-state index in [1.54, 1.807) is 42.7 Å². The number of pyridine rings is 1. The first-order chi connectivity index (χ1) is 11.6. The summed E-state index contributed by atoms with van der Waals surface area (Å²) in [7, 11) is -3.69. The number of benzene rings is 1. The van der Waals surface area contributed by atoms with Gasteiger partial charge >= 0.3 is 0 Å². The Balaban J connectivity index is 1.97. The van der Waals surface area contributed by atoms with Crippen molar-refractivity contribution in [1.82, 2.24) is 13.9 Å². The van der Waals surface area contributed by atoms with Gasteiger partial charge in [-0.3, -0.25) is 0 Å². The van der Waals surface area contributed by atoms with Crippen LogP contribution in [0.15, 0.2) is 65.1 Å². The van der Waals surface area contributed by atoms with Gasteiger partial charge < -0.3 is 0 Å². The average Bonchev–Trinajstić information content (AvgIpc) is 3.24. The number of thiazole rings is 1. The Morgan fingerprint density at radius 1 is 1.08 bits per heavy atom. The lowest BCUT2D eigenvalue weighted by molar-refractivity contribution is 0.588. The molecule has 3 aromatic heterocycles. The van der Waals surface area contributed by atoms with Gasteiger partial charge in [0, 0.05) is 23.2 Å². The summed E-state index contributed by atoms with van der Waals surface area (Å²) in [5.74, 6) is 0. The lowest BCUT2D eigenvalue weighted by atomic mass is 10.2. The maximum Gasteiger partial charge on any atom is 0.269 e. The van der Waals surface area contributed by atoms with Crippen LogP contribution in [0.4, 0.5) is 0 Å². The monoisotopic (exact) mass is 355 g/mol. The number of rotatable bonds is 3. The van der Waals surface area contributed by atoms with Crippen LogP contribution in [0.2, 0.25) is 0 Å². The fraction of sp³-hybridized carbons (Fsp3) is 0.0588. The maximum absolute atomic E-state index is 13.0. The van der Waals surface area contributed by atoms with Crippen LogP contribution in [0.25, 0.3) is 21.7 Å². The van der Waals surface area contributed by atoms with Crippen molar-refractivity contribution >= 4 is 32.4 Å². The van der Waals surface area contributed by atoms with E-state index < -0.39 is 10.0 Å². The van der Waals surface area contributed by atoms with E-state index in [-0.39, 0.29) is 4.90 Å². The Bertz CT molecular complexity index is 1120. The minimum absolute atomic E-state index is 0.239. The molecule has 24 heavy (non-hydrogen) atoms. The quantitative estimate of drug-likeness (QED) is 0.562. The first-order valence-electron chi connectivity index (χ1n) is 7.26. The van der Waals surface area contributed by atoms with Crippen LogP contribution in [-0.4, -0.2) is 22.4 Å². The van der Waals surface area contributed by atoms with Crippen molar-refractivity contribution in [3.05, 3.63) is 65.8 Å². The molecule has 0 saturated heterocycles. The highest BCUT2D eigenvalue weighted by Gasteiger charge is 2.21. The van der Waals surface area contributed by atoms with Crippen LogP contribution < -0.4 is 0 Å². The van der Waals surface area contributed by atoms with Crippen LogP contribution >= 0.6 is 11.3 Å². The van der Waals surface area contributed by atoms with E-state index in [0.717, 1.165) is 16.0 Å². The number of hydrogen-bond donors (Lipinski definition) is 0. The normalized spacial score (nSPS) is 11.9. The fourth-order valence-electron chi connectivity index (χ4n) is 2.59. The van der Waals surface area contributed by atoms with Crippen LogP contribution in [0.1, 0.15) is 5.56 Å². The summed E-state index contributed by atoms with van der Waals surface area (Å²) in [4.78, 5) is 9.05. The van der Waals surface area contributed by atoms with E-state index in [4.69, 9.17) is 0 Å². The van der Waals surface area contributed by atoms with Crippen LogP contribution in [0.3, 0.4) is 0 Å². The van der Waals surface area contributed by atoms with Crippen molar-refractivity contribution < 1.29 is 8.42 Å². The maximum atomic E-state index is 13.0. The van der Waals surface area contributed by atoms with Crippen molar-refractivity contribution in [3.8, 4) is 10.7 Å². The summed E-state index contributed by atoms with van der Waals surface area (Å²) in [5.41, 5.74) is 1.95. The van der Waals surface area contributed by atoms with E-state index in [0.29, 0.717) is 11.3 Å². The first-order valence-corrected chi connectivity index (χ1v) is 9.58. The Hall–Kier alpha value is -2.51. The third-order valence-corrected chi connectivity index (χ3v) is 6.23. The van der Waals surface area contributed by atoms with Gasteiger partial charge in [0.05, 0.1) is 4.90 Å². The molecular weight excluding hydrogens is 342 g/mol. The molecule has 7 heteroatoms. The molecule has 5 nitrogen and oxygen atoms in total. The summed E-state index contributed by atoms with van der Waals surface area (Å²) < 4.78 is 27.2. The second-order valence-corrected chi connectivity index (χ2v) is 8.04. The Kier molecular flexibility index (Phi) is 3.47. The van der Waals surface area contributed by atoms with E-state index in [2.05, 4.69) is 9.97 Å². The molecule has 1 aromatic carbocycles. The van der Waals surface area contributed by atoms with Gasteiger partial charge in [-0.15, -0.1) is 11.3 Å². The number of aryl methyl sites for hydroxylation is 1. The smallest absolute Gasteiger partial charge is 0.243 e. The van der Waals surface area contributed by atoms with Gasteiger partial charge in [-0.1, -0.05) is 18.2 Å². The number of aromatic nitrogens is 3. The van der Waals surface area contributed by atoms with Gasteiger partial charge in [0.15, 0.2) is 5.65 Å². The first kappa shape index (κ1) is 15.0. The molecule has 3 heterocycles. The molecule has 120 valence electrons. The van der Waals surface area contributed by atoms with E-state index >= 15 is 0 Å². The fourth-order valence-corrected chi connectivity index (χ4v) is 4.59. The molecule has 0 aliphatic carbocycles. The van der Waals surface area contributed by atoms with Crippen LogP contribution in [0, 0.1) is 6.92 Å². The molecule has 0 atom stereocenters. The molecule has 0 amide bonds. The molecular formula is C17H13N3O2S2. The van der Waals surface area contributed by atoms with Crippen molar-refractivity contribution in [2.24, 2.45) is 0 Å². The van der Waals surface area contributed by atoms with Gasteiger partial charge in [-0.05, 0) is 36.8 Å². The molecule has 4 rings (SSSR count). The zero-order valence-electron chi connectivity index (χ0n) is 12.7. The standard InChI is InChI=1S/C17H13N3O2S2/c1-12-11-20(24(21,22)13-5-3-2-4-6-13)16-14(12)7-8-15(19-16)17-18-9-10-23-17/h2-11H,1H3. The SMILES string of the molecule is Cc1cn(S(=O)(=O)c2ccccc2)c2nc(-c3nccs3)ccc12. The van der Waals surface area contributed by atoms with Gasteiger partial charge in [0.1, 0.15) is 10.7 Å². The summed E-state index contributed by atoms with van der Waals surface area (Å²) >= 11 is 1.47. The predicted octanol–water partition coefficient (Wildman–Crippen LogP) is 3.71. The van der Waals surface area contributed by atoms with E-state index in [9.17, 15) is 8.42 Å². The van der Waals surface area contributed by atoms with Gasteiger partial charge in [0.2, 0.25) is 0 Å². The highest BCUT2D eigenvalue weighted by Crippen LogP contribution is 2.28. The van der Waals surface area contributed by atoms with Crippen molar-refractivity contribution in [2.75, 3.05) is 0 Å². The molecule has 0 aliphatic rings. The molecule has 0 spiro atoms. The van der Waals surface area contributed by atoms with Crippen molar-refractivity contribution in [1.29, 1.82) is 0 Å². The summed E-state index contributed by atoms with van der Waals surface area (Å²) in [6.45, 7) is 1.88. The average molecular weight is 355 g/mol. The summed E-state index contributed by atoms with van der Waals surface area (Å²) in [6.07, 6.45) is 3.32. The van der Waals surface area contributed by atoms with Crippen LogP contribution in [-0.2, 0) is 10.0 Å². The van der Waals surface area contributed by atoms with Crippen molar-refractivity contribution in [3.63, 3.8) is 0 Å². The largest absolute Gasteiger partial charge is 0.269 e. The highest BCUT2D eigenvalue weighted by molar-refractivity contribution is 7.90. The number of hydrogen-bond acceptors (Lipinski definition) is 5. The van der Waals surface area contributed by atoms with Gasteiger partial charge in [-0.2, -0.15) is 0 Å². The third kappa shape index (κ3) is 2.33. The zero-order valence-corrected chi connectivity index (χ0v) is 14.4. The predicted molar refractivity (Wildman–Crippen MR) is 94.6 cm³/mol. The molecule has 0 bridgehead atoms. The minimum atomic E-state index is -3.69. The van der Waals surface area contributed by atoms with Crippen molar-refractivity contribution in [2.45, 2.75) is 11.8 Å². The second-order valence-electron chi connectivity index (χ2n) is 5.33. The van der Waals surface area contributed by atoms with E-state index in [1.807, 2.05) is 24.4 Å². The lowest BCUT2D eigenvalue weighted by Gasteiger charge is -2.07. The molecule has 0 saturated carbocycles. The molecule has 0 aliphatic heterocycles. The van der Waals surface area contributed by atoms with E-state index in [1.165, 1.54) is 15.3 Å². The highest BCUT2D eigenvalue weighted by atomic mass is 32.2. The third-order valence-electron chi connectivity index (χ3n) is 3.77. The molecule has 0 unspecified atom stereocenters. The zero-order chi connectivity index (χ0) is 16.7. The second kappa shape index (κ2) is 5.54. The van der Waals surface area contributed by atoms with Gasteiger partial charge in [0.25, 0.3) is 10.0 Å². The number of nitrogens with zero attached hydrogens (tertiary/aromatic N) is 3. The Labute approximate surface area is 143 Å².